The van der Waals surface area contributed by atoms with Gasteiger partial charge in [-0.05, 0) is 97.2 Å². The molecule has 4 aliphatic carbocycles. The number of rotatable bonds is 5. The van der Waals surface area contributed by atoms with Crippen molar-refractivity contribution in [3.63, 3.8) is 0 Å². The molecule has 4 rings (SSSR count). The molecule has 3 unspecified atom stereocenters. The Morgan fingerprint density at radius 3 is 2.52 bits per heavy atom. The van der Waals surface area contributed by atoms with Crippen molar-refractivity contribution >= 4 is 0 Å². The van der Waals surface area contributed by atoms with Crippen LogP contribution in [-0.4, -0.2) is 11.2 Å². The van der Waals surface area contributed by atoms with Gasteiger partial charge in [-0.15, -0.1) is 0 Å². The van der Waals surface area contributed by atoms with Crippen molar-refractivity contribution in [2.45, 2.75) is 112 Å². The van der Waals surface area contributed by atoms with Gasteiger partial charge in [0, 0.05) is 0 Å². The highest BCUT2D eigenvalue weighted by molar-refractivity contribution is 5.28. The third kappa shape index (κ3) is 3.56. The molecule has 0 saturated heterocycles. The Morgan fingerprint density at radius 1 is 1.03 bits per heavy atom. The smallest absolute Gasteiger partial charge is 0.0546 e. The zero-order valence-corrected chi connectivity index (χ0v) is 20.2. The predicted molar refractivity (Wildman–Crippen MR) is 124 cm³/mol. The summed E-state index contributed by atoms with van der Waals surface area (Å²) in [5.41, 5.74) is 2.84. The highest BCUT2D eigenvalue weighted by Gasteiger charge is 2.59. The molecule has 0 aliphatic heterocycles. The van der Waals surface area contributed by atoms with E-state index in [4.69, 9.17) is 0 Å². The SMILES string of the molecule is CC(C)CCC[C@@H](C)[C@H]1CC[C@H]2C3=CCC4CC(O)CC(C)[C@]4(C)[C@H]3CC[C@]12C. The normalized spacial score (nSPS) is 47.9. The van der Waals surface area contributed by atoms with Crippen molar-refractivity contribution in [1.82, 2.24) is 0 Å². The van der Waals surface area contributed by atoms with Gasteiger partial charge in [-0.1, -0.05) is 72.5 Å². The van der Waals surface area contributed by atoms with Crippen LogP contribution in [0.3, 0.4) is 0 Å². The Morgan fingerprint density at radius 2 is 1.79 bits per heavy atom. The maximum atomic E-state index is 10.4. The third-order valence-electron chi connectivity index (χ3n) is 10.8. The zero-order chi connectivity index (χ0) is 21.0. The minimum atomic E-state index is -0.0607. The van der Waals surface area contributed by atoms with E-state index in [-0.39, 0.29) is 6.10 Å². The van der Waals surface area contributed by atoms with Gasteiger partial charge in [0.05, 0.1) is 6.10 Å². The minimum Gasteiger partial charge on any atom is -0.393 e. The van der Waals surface area contributed by atoms with E-state index in [0.717, 1.165) is 42.4 Å². The lowest BCUT2D eigenvalue weighted by Crippen LogP contribution is -2.53. The second-order valence-corrected chi connectivity index (χ2v) is 12.7. The molecule has 0 bridgehead atoms. The monoisotopic (exact) mass is 400 g/mol. The molecular weight excluding hydrogens is 352 g/mol. The van der Waals surface area contributed by atoms with Gasteiger partial charge in [-0.2, -0.15) is 0 Å². The molecule has 9 atom stereocenters. The first-order chi connectivity index (χ1) is 13.7. The van der Waals surface area contributed by atoms with Crippen LogP contribution in [0.2, 0.25) is 0 Å². The Labute approximate surface area is 181 Å². The maximum absolute atomic E-state index is 10.4. The van der Waals surface area contributed by atoms with Gasteiger partial charge in [0.2, 0.25) is 0 Å². The van der Waals surface area contributed by atoms with E-state index in [9.17, 15) is 5.11 Å². The number of hydrogen-bond acceptors (Lipinski definition) is 1. The van der Waals surface area contributed by atoms with Gasteiger partial charge in [0.25, 0.3) is 0 Å². The molecule has 0 aromatic carbocycles. The lowest BCUT2D eigenvalue weighted by Gasteiger charge is -2.60. The molecule has 0 aromatic rings. The second kappa shape index (κ2) is 7.99. The molecule has 3 fully saturated rings. The number of aliphatic hydroxyl groups excluding tert-OH is 1. The summed E-state index contributed by atoms with van der Waals surface area (Å²) < 4.78 is 0. The molecule has 3 saturated carbocycles. The molecular formula is C28H48O. The van der Waals surface area contributed by atoms with Crippen LogP contribution in [0.1, 0.15) is 106 Å². The van der Waals surface area contributed by atoms with Crippen molar-refractivity contribution in [2.75, 3.05) is 0 Å². The van der Waals surface area contributed by atoms with Crippen LogP contribution >= 0.6 is 0 Å². The van der Waals surface area contributed by atoms with E-state index in [1.165, 1.54) is 51.4 Å². The topological polar surface area (TPSA) is 20.2 Å². The van der Waals surface area contributed by atoms with Gasteiger partial charge < -0.3 is 5.11 Å². The number of fused-ring (bicyclic) bond motifs is 5. The van der Waals surface area contributed by atoms with Crippen LogP contribution in [-0.2, 0) is 0 Å². The molecule has 0 aromatic heterocycles. The molecule has 0 radical (unpaired) electrons. The second-order valence-electron chi connectivity index (χ2n) is 12.7. The summed E-state index contributed by atoms with van der Waals surface area (Å²) in [6.07, 6.45) is 15.9. The maximum Gasteiger partial charge on any atom is 0.0546 e. The van der Waals surface area contributed by atoms with Crippen molar-refractivity contribution in [3.05, 3.63) is 11.6 Å². The molecule has 0 amide bonds. The molecule has 1 N–H and O–H groups in total. The Hall–Kier alpha value is -0.300. The molecule has 1 heteroatoms. The van der Waals surface area contributed by atoms with Crippen molar-refractivity contribution in [1.29, 1.82) is 0 Å². The van der Waals surface area contributed by atoms with E-state index in [1.54, 1.807) is 0 Å². The van der Waals surface area contributed by atoms with E-state index < -0.39 is 0 Å². The van der Waals surface area contributed by atoms with Crippen LogP contribution < -0.4 is 0 Å². The first-order valence-corrected chi connectivity index (χ1v) is 13.1. The van der Waals surface area contributed by atoms with Crippen LogP contribution in [0, 0.1) is 52.3 Å². The Balaban J connectivity index is 1.53. The number of allylic oxidation sites excluding steroid dienone is 2. The van der Waals surface area contributed by atoms with Gasteiger partial charge >= 0.3 is 0 Å². The molecule has 29 heavy (non-hydrogen) atoms. The molecule has 4 aliphatic rings. The predicted octanol–water partition coefficient (Wildman–Crippen LogP) is 7.63. The standard InChI is InChI=1S/C28H48O/c1-18(2)8-7-9-19(3)24-12-13-25-23-11-10-21-17-22(29)16-20(4)28(21,6)26(23)14-15-27(24,25)5/h11,18-22,24-26,29H,7-10,12-17H2,1-6H3/t19-,20?,21?,22?,24-,25+,26+,27-,28+/m1/s1. The summed E-state index contributed by atoms with van der Waals surface area (Å²) in [5.74, 6) is 5.65. The summed E-state index contributed by atoms with van der Waals surface area (Å²) in [4.78, 5) is 0. The van der Waals surface area contributed by atoms with Crippen molar-refractivity contribution < 1.29 is 5.11 Å². The lowest BCUT2D eigenvalue weighted by molar-refractivity contribution is -0.0792. The van der Waals surface area contributed by atoms with Crippen molar-refractivity contribution in [3.8, 4) is 0 Å². The first kappa shape index (κ1) is 21.9. The Bertz CT molecular complexity index is 620. The average molecular weight is 401 g/mol. The van der Waals surface area contributed by atoms with Gasteiger partial charge in [0.15, 0.2) is 0 Å². The Kier molecular flexibility index (Phi) is 6.04. The van der Waals surface area contributed by atoms with Crippen LogP contribution in [0.25, 0.3) is 0 Å². The summed E-state index contributed by atoms with van der Waals surface area (Å²) in [6.45, 7) is 15.0. The van der Waals surface area contributed by atoms with Gasteiger partial charge in [-0.3, -0.25) is 0 Å². The molecule has 0 spiro atoms. The molecule has 166 valence electrons. The number of aliphatic hydroxyl groups is 1. The van der Waals surface area contributed by atoms with Crippen LogP contribution in [0.15, 0.2) is 11.6 Å². The highest BCUT2D eigenvalue weighted by atomic mass is 16.3. The summed E-state index contributed by atoms with van der Waals surface area (Å²) in [7, 11) is 0. The fourth-order valence-electron chi connectivity index (χ4n) is 8.97. The number of hydrogen-bond donors (Lipinski definition) is 1. The van der Waals surface area contributed by atoms with Gasteiger partial charge in [-0.25, -0.2) is 0 Å². The highest BCUT2D eigenvalue weighted by Crippen LogP contribution is 2.67. The first-order valence-electron chi connectivity index (χ1n) is 13.1. The fourth-order valence-corrected chi connectivity index (χ4v) is 8.97. The van der Waals surface area contributed by atoms with E-state index >= 15 is 0 Å². The molecule has 0 heterocycles. The fraction of sp³-hybridized carbons (Fsp3) is 0.929. The van der Waals surface area contributed by atoms with E-state index in [2.05, 4.69) is 47.6 Å². The zero-order valence-electron chi connectivity index (χ0n) is 20.2. The van der Waals surface area contributed by atoms with Crippen LogP contribution in [0.5, 0.6) is 0 Å². The average Bonchev–Trinajstić information content (AvgIpc) is 3.00. The van der Waals surface area contributed by atoms with E-state index in [0.29, 0.717) is 22.7 Å². The quantitative estimate of drug-likeness (QED) is 0.470. The summed E-state index contributed by atoms with van der Waals surface area (Å²) >= 11 is 0. The minimum absolute atomic E-state index is 0.0607. The van der Waals surface area contributed by atoms with Crippen molar-refractivity contribution in [2.24, 2.45) is 52.3 Å². The lowest BCUT2D eigenvalue weighted by atomic mass is 9.45. The van der Waals surface area contributed by atoms with Gasteiger partial charge in [0.1, 0.15) is 0 Å². The molecule has 1 nitrogen and oxygen atoms in total. The largest absolute Gasteiger partial charge is 0.393 e. The summed E-state index contributed by atoms with van der Waals surface area (Å²) in [6, 6.07) is 0. The van der Waals surface area contributed by atoms with E-state index in [1.807, 2.05) is 5.57 Å². The summed E-state index contributed by atoms with van der Waals surface area (Å²) in [5, 5.41) is 10.4. The third-order valence-corrected chi connectivity index (χ3v) is 10.8. The van der Waals surface area contributed by atoms with Crippen LogP contribution in [0.4, 0.5) is 0 Å².